The molecule has 6 heteroatoms. The molecule has 5 nitrogen and oxygen atoms in total. The predicted molar refractivity (Wildman–Crippen MR) is 101 cm³/mol. The fraction of sp³-hybridized carbons (Fsp3) is 0.333. The largest absolute Gasteiger partial charge is 0.493 e. The third kappa shape index (κ3) is 4.27. The summed E-state index contributed by atoms with van der Waals surface area (Å²) in [5, 5.41) is 0. The molecule has 0 radical (unpaired) electrons. The fourth-order valence-corrected chi connectivity index (χ4v) is 3.52. The zero-order valence-electron chi connectivity index (χ0n) is 15.0. The van der Waals surface area contributed by atoms with Gasteiger partial charge in [-0.2, -0.15) is 0 Å². The van der Waals surface area contributed by atoms with Gasteiger partial charge in [0.15, 0.2) is 0 Å². The highest BCUT2D eigenvalue weighted by atomic mass is 19.1. The highest BCUT2D eigenvalue weighted by molar-refractivity contribution is 5.80. The molecule has 1 aliphatic rings. The van der Waals surface area contributed by atoms with Gasteiger partial charge in [-0.15, -0.1) is 0 Å². The van der Waals surface area contributed by atoms with Crippen molar-refractivity contribution in [2.45, 2.75) is 19.3 Å². The number of ether oxygens (including phenoxy) is 1. The molecule has 0 spiro atoms. The first-order valence-electron chi connectivity index (χ1n) is 9.27. The van der Waals surface area contributed by atoms with Crippen molar-refractivity contribution in [3.8, 4) is 5.75 Å². The average molecular weight is 367 g/mol. The van der Waals surface area contributed by atoms with Crippen LogP contribution in [0.3, 0.4) is 0 Å². The van der Waals surface area contributed by atoms with Crippen LogP contribution in [0.15, 0.2) is 48.5 Å². The molecular formula is C21H22FN3O2. The lowest BCUT2D eigenvalue weighted by molar-refractivity contribution is -0.132. The number of aromatic amines is 1. The SMILES string of the molecule is O=C(Cc1nc2ccccc2[nH]1)N1CCCC(COc2ccc(F)cc2)C1. The van der Waals surface area contributed by atoms with Crippen LogP contribution in [0.5, 0.6) is 5.75 Å². The lowest BCUT2D eigenvalue weighted by Gasteiger charge is -2.32. The summed E-state index contributed by atoms with van der Waals surface area (Å²) in [6, 6.07) is 13.8. The van der Waals surface area contributed by atoms with Crippen molar-refractivity contribution in [2.24, 2.45) is 5.92 Å². The summed E-state index contributed by atoms with van der Waals surface area (Å²) in [5.41, 5.74) is 1.83. The molecule has 2 heterocycles. The quantitative estimate of drug-likeness (QED) is 0.750. The van der Waals surface area contributed by atoms with Gasteiger partial charge in [0.05, 0.1) is 24.1 Å². The molecule has 1 N–H and O–H groups in total. The fourth-order valence-electron chi connectivity index (χ4n) is 3.52. The lowest BCUT2D eigenvalue weighted by Crippen LogP contribution is -2.42. The second-order valence-corrected chi connectivity index (χ2v) is 6.99. The van der Waals surface area contributed by atoms with Crippen LogP contribution in [0.25, 0.3) is 11.0 Å². The number of rotatable bonds is 5. The maximum Gasteiger partial charge on any atom is 0.230 e. The van der Waals surface area contributed by atoms with Crippen molar-refractivity contribution in [1.29, 1.82) is 0 Å². The summed E-state index contributed by atoms with van der Waals surface area (Å²) in [7, 11) is 0. The molecule has 1 atom stereocenters. The number of hydrogen-bond donors (Lipinski definition) is 1. The van der Waals surface area contributed by atoms with E-state index in [-0.39, 0.29) is 24.1 Å². The molecule has 140 valence electrons. The topological polar surface area (TPSA) is 58.2 Å². The van der Waals surface area contributed by atoms with Crippen molar-refractivity contribution >= 4 is 16.9 Å². The summed E-state index contributed by atoms with van der Waals surface area (Å²) < 4.78 is 18.7. The Labute approximate surface area is 157 Å². The Balaban J connectivity index is 1.32. The summed E-state index contributed by atoms with van der Waals surface area (Å²) >= 11 is 0. The van der Waals surface area contributed by atoms with Crippen LogP contribution in [0, 0.1) is 11.7 Å². The smallest absolute Gasteiger partial charge is 0.230 e. The number of piperidine rings is 1. The highest BCUT2D eigenvalue weighted by Crippen LogP contribution is 2.20. The minimum atomic E-state index is -0.276. The van der Waals surface area contributed by atoms with E-state index in [0.29, 0.717) is 24.7 Å². The number of aromatic nitrogens is 2. The summed E-state index contributed by atoms with van der Waals surface area (Å²) in [6.45, 7) is 1.98. The Hall–Kier alpha value is -2.89. The molecule has 1 unspecified atom stereocenters. The van der Waals surface area contributed by atoms with Crippen molar-refractivity contribution in [2.75, 3.05) is 19.7 Å². The number of imidazole rings is 1. The Morgan fingerprint density at radius 1 is 1.22 bits per heavy atom. The van der Waals surface area contributed by atoms with Gasteiger partial charge in [-0.3, -0.25) is 4.79 Å². The summed E-state index contributed by atoms with van der Waals surface area (Å²) in [6.07, 6.45) is 2.26. The molecule has 1 saturated heterocycles. The van der Waals surface area contributed by atoms with Crippen LogP contribution in [0.1, 0.15) is 18.7 Å². The molecule has 27 heavy (non-hydrogen) atoms. The average Bonchev–Trinajstić information content (AvgIpc) is 3.10. The third-order valence-corrected chi connectivity index (χ3v) is 4.93. The van der Waals surface area contributed by atoms with Gasteiger partial charge in [-0.05, 0) is 49.2 Å². The number of likely N-dealkylation sites (tertiary alicyclic amines) is 1. The molecule has 1 amide bonds. The van der Waals surface area contributed by atoms with E-state index in [1.807, 2.05) is 29.2 Å². The van der Waals surface area contributed by atoms with Gasteiger partial charge < -0.3 is 14.6 Å². The van der Waals surface area contributed by atoms with E-state index in [4.69, 9.17) is 4.74 Å². The van der Waals surface area contributed by atoms with E-state index in [2.05, 4.69) is 9.97 Å². The number of nitrogens with zero attached hydrogens (tertiary/aromatic N) is 2. The van der Waals surface area contributed by atoms with Crippen LogP contribution < -0.4 is 4.74 Å². The first-order valence-corrected chi connectivity index (χ1v) is 9.27. The summed E-state index contributed by atoms with van der Waals surface area (Å²) in [4.78, 5) is 22.3. The summed E-state index contributed by atoms with van der Waals surface area (Å²) in [5.74, 6) is 1.44. The van der Waals surface area contributed by atoms with Crippen molar-refractivity contribution in [3.63, 3.8) is 0 Å². The predicted octanol–water partition coefficient (Wildman–Crippen LogP) is 3.56. The molecule has 3 aromatic rings. The highest BCUT2D eigenvalue weighted by Gasteiger charge is 2.24. The number of fused-ring (bicyclic) bond motifs is 1. The maximum absolute atomic E-state index is 13.0. The molecule has 0 bridgehead atoms. The Kier molecular flexibility index (Phi) is 5.05. The standard InChI is InChI=1S/C21H22FN3O2/c22-16-7-9-17(10-8-16)27-14-15-4-3-11-25(13-15)21(26)12-20-23-18-5-1-2-6-19(18)24-20/h1-2,5-10,15H,3-4,11-14H2,(H,23,24). The van der Waals surface area contributed by atoms with Crippen LogP contribution in [-0.2, 0) is 11.2 Å². The number of halogens is 1. The van der Waals surface area contributed by atoms with Gasteiger partial charge in [-0.25, -0.2) is 9.37 Å². The van der Waals surface area contributed by atoms with E-state index in [1.165, 1.54) is 12.1 Å². The van der Waals surface area contributed by atoms with Crippen molar-refractivity contribution in [1.82, 2.24) is 14.9 Å². The molecule has 0 aliphatic carbocycles. The number of carbonyl (C=O) groups is 1. The normalized spacial score (nSPS) is 17.2. The molecule has 0 saturated carbocycles. The molecule has 4 rings (SSSR count). The Morgan fingerprint density at radius 3 is 2.85 bits per heavy atom. The van der Waals surface area contributed by atoms with E-state index in [1.54, 1.807) is 12.1 Å². The molecule has 1 aromatic heterocycles. The first-order chi connectivity index (χ1) is 13.2. The van der Waals surface area contributed by atoms with Gasteiger partial charge in [0, 0.05) is 19.0 Å². The van der Waals surface area contributed by atoms with Gasteiger partial charge in [-0.1, -0.05) is 12.1 Å². The first kappa shape index (κ1) is 17.5. The van der Waals surface area contributed by atoms with Crippen molar-refractivity contribution in [3.05, 3.63) is 60.2 Å². The van der Waals surface area contributed by atoms with E-state index in [9.17, 15) is 9.18 Å². The Morgan fingerprint density at radius 2 is 2.04 bits per heavy atom. The lowest BCUT2D eigenvalue weighted by atomic mass is 9.98. The number of benzene rings is 2. The minimum absolute atomic E-state index is 0.0838. The number of carbonyl (C=O) groups excluding carboxylic acids is 1. The van der Waals surface area contributed by atoms with Gasteiger partial charge in [0.1, 0.15) is 17.4 Å². The van der Waals surface area contributed by atoms with Crippen LogP contribution in [0.2, 0.25) is 0 Å². The molecule has 1 fully saturated rings. The van der Waals surface area contributed by atoms with Crippen LogP contribution in [0.4, 0.5) is 4.39 Å². The minimum Gasteiger partial charge on any atom is -0.493 e. The monoisotopic (exact) mass is 367 g/mol. The van der Waals surface area contributed by atoms with E-state index < -0.39 is 0 Å². The number of hydrogen-bond acceptors (Lipinski definition) is 3. The number of para-hydroxylation sites is 2. The van der Waals surface area contributed by atoms with Crippen molar-refractivity contribution < 1.29 is 13.9 Å². The van der Waals surface area contributed by atoms with Crippen LogP contribution in [-0.4, -0.2) is 40.5 Å². The van der Waals surface area contributed by atoms with E-state index in [0.717, 1.165) is 30.4 Å². The van der Waals surface area contributed by atoms with E-state index >= 15 is 0 Å². The molecule has 1 aliphatic heterocycles. The zero-order chi connectivity index (χ0) is 18.6. The molecule has 2 aromatic carbocycles. The van der Waals surface area contributed by atoms with Gasteiger partial charge in [0.25, 0.3) is 0 Å². The third-order valence-electron chi connectivity index (χ3n) is 4.93. The number of nitrogens with one attached hydrogen (secondary N) is 1. The zero-order valence-corrected chi connectivity index (χ0v) is 15.0. The Bertz CT molecular complexity index is 890. The molecular weight excluding hydrogens is 345 g/mol. The van der Waals surface area contributed by atoms with Crippen LogP contribution >= 0.6 is 0 Å². The maximum atomic E-state index is 13.0. The second-order valence-electron chi connectivity index (χ2n) is 6.99. The van der Waals surface area contributed by atoms with Gasteiger partial charge >= 0.3 is 0 Å². The van der Waals surface area contributed by atoms with Gasteiger partial charge in [0.2, 0.25) is 5.91 Å². The number of amides is 1. The second kappa shape index (κ2) is 7.78. The number of H-pyrrole nitrogens is 1.